The molecule has 0 aromatic heterocycles. The van der Waals surface area contributed by atoms with Gasteiger partial charge in [0.25, 0.3) is 0 Å². The van der Waals surface area contributed by atoms with Gasteiger partial charge in [0.1, 0.15) is 5.75 Å². The molecule has 0 aliphatic heterocycles. The number of hydrogen-bond donors (Lipinski definition) is 2. The Morgan fingerprint density at radius 1 is 1.07 bits per heavy atom. The Morgan fingerprint density at radius 3 is 2.32 bits per heavy atom. The maximum absolute atomic E-state index is 8.01. The molecule has 2 aromatic rings. The van der Waals surface area contributed by atoms with Crippen LogP contribution < -0.4 is 15.4 Å². The zero-order valence-corrected chi connectivity index (χ0v) is 18.3. The lowest BCUT2D eigenvalue weighted by atomic mass is 9.87. The molecular formula is C23H34ClN3O. The van der Waals surface area contributed by atoms with Crippen molar-refractivity contribution in [3.8, 4) is 5.75 Å². The van der Waals surface area contributed by atoms with Gasteiger partial charge in [0.2, 0.25) is 0 Å². The first-order chi connectivity index (χ1) is 12.8. The molecule has 0 saturated heterocycles. The minimum Gasteiger partial charge on any atom is -0.494 e. The van der Waals surface area contributed by atoms with Crippen molar-refractivity contribution >= 4 is 24.1 Å². The van der Waals surface area contributed by atoms with Crippen LogP contribution >= 0.6 is 12.4 Å². The first-order valence-electron chi connectivity index (χ1n) is 9.75. The van der Waals surface area contributed by atoms with Gasteiger partial charge >= 0.3 is 0 Å². The molecule has 0 saturated carbocycles. The number of ether oxygens (including phenoxy) is 1. The Labute approximate surface area is 176 Å². The van der Waals surface area contributed by atoms with Crippen LogP contribution in [-0.4, -0.2) is 12.6 Å². The number of guanidine groups is 1. The number of benzene rings is 2. The third-order valence-electron chi connectivity index (χ3n) is 4.60. The summed E-state index contributed by atoms with van der Waals surface area (Å²) < 4.78 is 5.84. The normalized spacial score (nSPS) is 10.9. The fraction of sp³-hybridized carbons (Fsp3) is 0.435. The van der Waals surface area contributed by atoms with Gasteiger partial charge in [0, 0.05) is 11.8 Å². The SMILES string of the molecule is CCCCCOc1cccc(N(Cc2ccc(C(C)(C)C)cc2)C(=N)N)c1.Cl. The first kappa shape index (κ1) is 23.8. The molecule has 0 unspecified atom stereocenters. The van der Waals surface area contributed by atoms with E-state index in [1.165, 1.54) is 18.4 Å². The maximum atomic E-state index is 8.01. The van der Waals surface area contributed by atoms with Crippen molar-refractivity contribution in [1.29, 1.82) is 5.41 Å². The Bertz CT molecular complexity index is 738. The Hall–Kier alpha value is -2.20. The van der Waals surface area contributed by atoms with Crippen LogP contribution in [0, 0.1) is 5.41 Å². The van der Waals surface area contributed by atoms with Crippen LogP contribution in [-0.2, 0) is 12.0 Å². The van der Waals surface area contributed by atoms with E-state index in [4.69, 9.17) is 15.9 Å². The van der Waals surface area contributed by atoms with Crippen molar-refractivity contribution < 1.29 is 4.74 Å². The standard InChI is InChI=1S/C23H33N3O.ClH/c1-5-6-7-15-27-21-10-8-9-20(16-21)26(22(24)25)17-18-11-13-19(14-12-18)23(2,3)4;/h8-14,16H,5-7,15,17H2,1-4H3,(H3,24,25);1H. The summed E-state index contributed by atoms with van der Waals surface area (Å²) >= 11 is 0. The topological polar surface area (TPSA) is 62.3 Å². The molecule has 0 radical (unpaired) electrons. The van der Waals surface area contributed by atoms with E-state index in [-0.39, 0.29) is 23.8 Å². The van der Waals surface area contributed by atoms with Gasteiger partial charge < -0.3 is 15.4 Å². The van der Waals surface area contributed by atoms with E-state index in [1.54, 1.807) is 4.90 Å². The van der Waals surface area contributed by atoms with Gasteiger partial charge in [-0.2, -0.15) is 0 Å². The zero-order chi connectivity index (χ0) is 19.9. The third-order valence-corrected chi connectivity index (χ3v) is 4.60. The summed E-state index contributed by atoms with van der Waals surface area (Å²) in [5.41, 5.74) is 9.28. The van der Waals surface area contributed by atoms with Crippen LogP contribution in [0.5, 0.6) is 5.75 Å². The van der Waals surface area contributed by atoms with Gasteiger partial charge in [-0.05, 0) is 35.1 Å². The summed E-state index contributed by atoms with van der Waals surface area (Å²) in [6, 6.07) is 16.3. The van der Waals surface area contributed by atoms with Crippen molar-refractivity contribution in [2.24, 2.45) is 5.73 Å². The van der Waals surface area contributed by atoms with E-state index in [0.29, 0.717) is 13.2 Å². The molecule has 5 heteroatoms. The molecule has 0 aliphatic carbocycles. The minimum atomic E-state index is 0. The Morgan fingerprint density at radius 2 is 1.75 bits per heavy atom. The zero-order valence-electron chi connectivity index (χ0n) is 17.5. The van der Waals surface area contributed by atoms with E-state index in [0.717, 1.165) is 23.4 Å². The largest absolute Gasteiger partial charge is 0.494 e. The highest BCUT2D eigenvalue weighted by Gasteiger charge is 2.15. The molecule has 0 fully saturated rings. The van der Waals surface area contributed by atoms with Crippen molar-refractivity contribution in [3.63, 3.8) is 0 Å². The summed E-state index contributed by atoms with van der Waals surface area (Å²) in [6.07, 6.45) is 3.40. The number of unbranched alkanes of at least 4 members (excludes halogenated alkanes) is 2. The molecule has 4 nitrogen and oxygen atoms in total. The molecule has 0 spiro atoms. The molecule has 0 aliphatic rings. The van der Waals surface area contributed by atoms with Crippen molar-refractivity contribution in [2.75, 3.05) is 11.5 Å². The van der Waals surface area contributed by atoms with Crippen LogP contribution in [0.2, 0.25) is 0 Å². The van der Waals surface area contributed by atoms with Crippen LogP contribution in [0.25, 0.3) is 0 Å². The number of halogens is 1. The molecular weight excluding hydrogens is 370 g/mol. The molecule has 2 aromatic carbocycles. The van der Waals surface area contributed by atoms with E-state index in [2.05, 4.69) is 52.0 Å². The van der Waals surface area contributed by atoms with Gasteiger partial charge in [-0.1, -0.05) is 70.9 Å². The van der Waals surface area contributed by atoms with Crippen LogP contribution in [0.1, 0.15) is 58.1 Å². The molecule has 0 atom stereocenters. The first-order valence-corrected chi connectivity index (χ1v) is 9.75. The highest BCUT2D eigenvalue weighted by molar-refractivity contribution is 5.92. The van der Waals surface area contributed by atoms with Crippen LogP contribution in [0.3, 0.4) is 0 Å². The number of nitrogens with zero attached hydrogens (tertiary/aromatic N) is 1. The maximum Gasteiger partial charge on any atom is 0.193 e. The molecule has 154 valence electrons. The third kappa shape index (κ3) is 7.08. The quantitative estimate of drug-likeness (QED) is 0.329. The monoisotopic (exact) mass is 403 g/mol. The van der Waals surface area contributed by atoms with E-state index in [9.17, 15) is 0 Å². The average molecular weight is 404 g/mol. The van der Waals surface area contributed by atoms with Crippen molar-refractivity contribution in [1.82, 2.24) is 0 Å². The van der Waals surface area contributed by atoms with Crippen LogP contribution in [0.4, 0.5) is 5.69 Å². The highest BCUT2D eigenvalue weighted by Crippen LogP contribution is 2.25. The van der Waals surface area contributed by atoms with Crippen molar-refractivity contribution in [3.05, 3.63) is 59.7 Å². The second kappa shape index (κ2) is 11.0. The summed E-state index contributed by atoms with van der Waals surface area (Å²) in [6.45, 7) is 10.1. The summed E-state index contributed by atoms with van der Waals surface area (Å²) in [5.74, 6) is 0.843. The van der Waals surface area contributed by atoms with Gasteiger partial charge in [-0.25, -0.2) is 0 Å². The second-order valence-electron chi connectivity index (χ2n) is 7.97. The Kier molecular flexibility index (Phi) is 9.33. The minimum absolute atomic E-state index is 0. The molecule has 3 N–H and O–H groups in total. The fourth-order valence-electron chi connectivity index (χ4n) is 2.89. The summed E-state index contributed by atoms with van der Waals surface area (Å²) in [4.78, 5) is 1.80. The average Bonchev–Trinajstić information content (AvgIpc) is 2.63. The van der Waals surface area contributed by atoms with Gasteiger partial charge in [-0.3, -0.25) is 5.41 Å². The number of hydrogen-bond acceptors (Lipinski definition) is 2. The van der Waals surface area contributed by atoms with Crippen molar-refractivity contribution in [2.45, 2.75) is 58.9 Å². The predicted octanol–water partition coefficient (Wildman–Crippen LogP) is 5.87. The van der Waals surface area contributed by atoms with Crippen LogP contribution in [0.15, 0.2) is 48.5 Å². The lowest BCUT2D eigenvalue weighted by Gasteiger charge is -2.24. The lowest BCUT2D eigenvalue weighted by molar-refractivity contribution is 0.306. The number of nitrogens with one attached hydrogen (secondary N) is 1. The number of rotatable bonds is 8. The Balaban J connectivity index is 0.00000392. The highest BCUT2D eigenvalue weighted by atomic mass is 35.5. The molecule has 0 bridgehead atoms. The van der Waals surface area contributed by atoms with E-state index in [1.807, 2.05) is 24.3 Å². The number of nitrogens with two attached hydrogens (primary N) is 1. The smallest absolute Gasteiger partial charge is 0.193 e. The fourth-order valence-corrected chi connectivity index (χ4v) is 2.89. The van der Waals surface area contributed by atoms with E-state index < -0.39 is 0 Å². The van der Waals surface area contributed by atoms with Gasteiger partial charge in [0.15, 0.2) is 5.96 Å². The summed E-state index contributed by atoms with van der Waals surface area (Å²) in [7, 11) is 0. The lowest BCUT2D eigenvalue weighted by Crippen LogP contribution is -2.35. The van der Waals surface area contributed by atoms with E-state index >= 15 is 0 Å². The summed E-state index contributed by atoms with van der Waals surface area (Å²) in [5, 5.41) is 8.01. The molecule has 0 heterocycles. The number of anilines is 1. The molecule has 0 amide bonds. The predicted molar refractivity (Wildman–Crippen MR) is 122 cm³/mol. The molecule has 28 heavy (non-hydrogen) atoms. The molecule has 2 rings (SSSR count). The second-order valence-corrected chi connectivity index (χ2v) is 7.97. The van der Waals surface area contributed by atoms with Gasteiger partial charge in [-0.15, -0.1) is 12.4 Å². The van der Waals surface area contributed by atoms with Gasteiger partial charge in [0.05, 0.1) is 13.2 Å².